The summed E-state index contributed by atoms with van der Waals surface area (Å²) in [5, 5.41) is 0. The number of carbonyl (C=O) groups is 1. The molecule has 1 aromatic carbocycles. The first-order valence-corrected chi connectivity index (χ1v) is 9.78. The molecule has 1 heterocycles. The predicted octanol–water partition coefficient (Wildman–Crippen LogP) is 2.41. The van der Waals surface area contributed by atoms with Crippen molar-refractivity contribution in [3.05, 3.63) is 43.0 Å². The van der Waals surface area contributed by atoms with Crippen LogP contribution >= 0.6 is 0 Å². The zero-order valence-corrected chi connectivity index (χ0v) is 14.8. The third-order valence-corrected chi connectivity index (χ3v) is 7.87. The van der Waals surface area contributed by atoms with Gasteiger partial charge in [-0.3, -0.25) is 4.79 Å². The van der Waals surface area contributed by atoms with Crippen molar-refractivity contribution >= 4 is 21.6 Å². The third-order valence-electron chi connectivity index (χ3n) is 5.19. The van der Waals surface area contributed by atoms with Gasteiger partial charge in [0.25, 0.3) is 0 Å². The number of carbonyl (C=O) groups excluding carboxylic acids is 1. The summed E-state index contributed by atoms with van der Waals surface area (Å²) in [7, 11) is -1.61. The number of rotatable bonds is 6. The quantitative estimate of drug-likeness (QED) is 0.742. The van der Waals surface area contributed by atoms with Crippen LogP contribution in [0.1, 0.15) is 25.7 Å². The summed E-state index contributed by atoms with van der Waals surface area (Å²) in [4.78, 5) is 14.3. The fourth-order valence-corrected chi connectivity index (χ4v) is 5.66. The van der Waals surface area contributed by atoms with Gasteiger partial charge < -0.3 is 4.90 Å². The molecule has 6 heteroatoms. The van der Waals surface area contributed by atoms with Crippen molar-refractivity contribution in [2.24, 2.45) is 5.92 Å². The molecule has 130 valence electrons. The first-order chi connectivity index (χ1) is 11.4. The van der Waals surface area contributed by atoms with Gasteiger partial charge in [-0.05, 0) is 37.8 Å². The van der Waals surface area contributed by atoms with E-state index in [0.29, 0.717) is 32.2 Å². The largest absolute Gasteiger partial charge is 0.315 e. The highest BCUT2D eigenvalue weighted by molar-refractivity contribution is 7.90. The van der Waals surface area contributed by atoms with E-state index in [2.05, 4.69) is 6.58 Å². The topological polar surface area (TPSA) is 57.7 Å². The van der Waals surface area contributed by atoms with E-state index in [-0.39, 0.29) is 18.4 Å². The smallest absolute Gasteiger partial charge is 0.231 e. The van der Waals surface area contributed by atoms with E-state index in [1.807, 2.05) is 30.3 Å². The van der Waals surface area contributed by atoms with Gasteiger partial charge in [0.2, 0.25) is 15.9 Å². The number of nitrogens with zero attached hydrogens (tertiary/aromatic N) is 2. The number of benzene rings is 1. The second-order valence-corrected chi connectivity index (χ2v) is 9.09. The minimum Gasteiger partial charge on any atom is -0.315 e. The summed E-state index contributed by atoms with van der Waals surface area (Å²) >= 11 is 0. The summed E-state index contributed by atoms with van der Waals surface area (Å²) in [6.45, 7) is 4.40. The molecule has 1 atom stereocenters. The maximum atomic E-state index is 12.9. The van der Waals surface area contributed by atoms with Gasteiger partial charge in [-0.2, -0.15) is 0 Å². The highest BCUT2D eigenvalue weighted by atomic mass is 32.2. The second kappa shape index (κ2) is 6.33. The molecular weight excluding hydrogens is 324 g/mol. The van der Waals surface area contributed by atoms with Crippen molar-refractivity contribution in [2.45, 2.75) is 30.4 Å². The molecule has 0 bridgehead atoms. The highest BCUT2D eigenvalue weighted by Gasteiger charge is 2.56. The van der Waals surface area contributed by atoms with Crippen LogP contribution in [0.2, 0.25) is 0 Å². The fourth-order valence-electron chi connectivity index (χ4n) is 3.44. The molecule has 1 saturated heterocycles. The summed E-state index contributed by atoms with van der Waals surface area (Å²) in [6, 6.07) is 9.43. The van der Waals surface area contributed by atoms with Crippen LogP contribution in [0, 0.1) is 5.92 Å². The summed E-state index contributed by atoms with van der Waals surface area (Å²) in [5.74, 6) is -0.294. The summed E-state index contributed by atoms with van der Waals surface area (Å²) in [5.41, 5.74) is 0.828. The van der Waals surface area contributed by atoms with Crippen LogP contribution in [0.15, 0.2) is 43.0 Å². The van der Waals surface area contributed by atoms with Gasteiger partial charge in [-0.15, -0.1) is 6.58 Å². The molecule has 0 aromatic heterocycles. The van der Waals surface area contributed by atoms with Gasteiger partial charge in [-0.1, -0.05) is 24.3 Å². The number of hydrogen-bond acceptors (Lipinski definition) is 3. The Labute approximate surface area is 144 Å². The van der Waals surface area contributed by atoms with Gasteiger partial charge >= 0.3 is 0 Å². The number of amides is 1. The minimum absolute atomic E-state index is 0.0209. The van der Waals surface area contributed by atoms with Gasteiger partial charge in [0.1, 0.15) is 0 Å². The SMILES string of the molecule is C=CCC1(S(=O)(=O)N2CCC(C(=O)N(C)c3ccccc3)C2)CC1. The van der Waals surface area contributed by atoms with Gasteiger partial charge in [0.15, 0.2) is 0 Å². The fraction of sp³-hybridized carbons (Fsp3) is 0.500. The van der Waals surface area contributed by atoms with E-state index < -0.39 is 14.8 Å². The molecule has 24 heavy (non-hydrogen) atoms. The molecule has 1 amide bonds. The molecule has 2 fully saturated rings. The maximum absolute atomic E-state index is 12.9. The van der Waals surface area contributed by atoms with Crippen molar-refractivity contribution in [3.8, 4) is 0 Å². The molecule has 5 nitrogen and oxygen atoms in total. The van der Waals surface area contributed by atoms with E-state index in [1.54, 1.807) is 18.0 Å². The Kier molecular flexibility index (Phi) is 4.53. The zero-order chi connectivity index (χ0) is 17.4. The summed E-state index contributed by atoms with van der Waals surface area (Å²) < 4.78 is 26.6. The number of anilines is 1. The predicted molar refractivity (Wildman–Crippen MR) is 95.2 cm³/mol. The lowest BCUT2D eigenvalue weighted by Crippen LogP contribution is -2.40. The molecule has 2 aliphatic rings. The molecule has 0 spiro atoms. The lowest BCUT2D eigenvalue weighted by atomic mass is 10.1. The number of hydrogen-bond donors (Lipinski definition) is 0. The molecule has 1 aliphatic heterocycles. The average Bonchev–Trinajstić information content (AvgIpc) is 3.21. The van der Waals surface area contributed by atoms with Crippen molar-refractivity contribution in [2.75, 3.05) is 25.0 Å². The van der Waals surface area contributed by atoms with Crippen LogP contribution in [0.4, 0.5) is 5.69 Å². The second-order valence-electron chi connectivity index (χ2n) is 6.76. The van der Waals surface area contributed by atoms with Crippen LogP contribution in [-0.4, -0.2) is 43.5 Å². The zero-order valence-electron chi connectivity index (χ0n) is 14.0. The molecule has 1 aromatic rings. The monoisotopic (exact) mass is 348 g/mol. The van der Waals surface area contributed by atoms with Gasteiger partial charge in [0, 0.05) is 25.8 Å². The maximum Gasteiger partial charge on any atom is 0.231 e. The summed E-state index contributed by atoms with van der Waals surface area (Å²) in [6.07, 6.45) is 4.15. The molecule has 1 aliphatic carbocycles. The molecule has 1 saturated carbocycles. The lowest BCUT2D eigenvalue weighted by Gasteiger charge is -2.24. The van der Waals surface area contributed by atoms with Crippen molar-refractivity contribution < 1.29 is 13.2 Å². The van der Waals surface area contributed by atoms with E-state index in [9.17, 15) is 13.2 Å². The molecule has 1 unspecified atom stereocenters. The van der Waals surface area contributed by atoms with Crippen LogP contribution in [0.5, 0.6) is 0 Å². The highest BCUT2D eigenvalue weighted by Crippen LogP contribution is 2.49. The Hall–Kier alpha value is -1.66. The van der Waals surface area contributed by atoms with E-state index in [4.69, 9.17) is 0 Å². The van der Waals surface area contributed by atoms with E-state index in [1.165, 1.54) is 4.31 Å². The van der Waals surface area contributed by atoms with E-state index >= 15 is 0 Å². The molecule has 0 radical (unpaired) electrons. The van der Waals surface area contributed by atoms with Crippen molar-refractivity contribution in [1.29, 1.82) is 0 Å². The van der Waals surface area contributed by atoms with Gasteiger partial charge in [-0.25, -0.2) is 12.7 Å². The van der Waals surface area contributed by atoms with Crippen molar-refractivity contribution in [3.63, 3.8) is 0 Å². The molecular formula is C18H24N2O3S. The van der Waals surface area contributed by atoms with Crippen LogP contribution < -0.4 is 4.90 Å². The Morgan fingerprint density at radius 1 is 1.38 bits per heavy atom. The van der Waals surface area contributed by atoms with Crippen LogP contribution in [0.25, 0.3) is 0 Å². The van der Waals surface area contributed by atoms with Crippen LogP contribution in [-0.2, 0) is 14.8 Å². The molecule has 3 rings (SSSR count). The minimum atomic E-state index is -3.35. The first kappa shape index (κ1) is 17.2. The third kappa shape index (κ3) is 2.89. The molecule has 0 N–H and O–H groups in total. The number of sulfonamides is 1. The Bertz CT molecular complexity index is 726. The van der Waals surface area contributed by atoms with Crippen LogP contribution in [0.3, 0.4) is 0 Å². The van der Waals surface area contributed by atoms with Crippen molar-refractivity contribution in [1.82, 2.24) is 4.31 Å². The lowest BCUT2D eigenvalue weighted by molar-refractivity contribution is -0.121. The number of allylic oxidation sites excluding steroid dienone is 1. The van der Waals surface area contributed by atoms with Gasteiger partial charge in [0.05, 0.1) is 10.7 Å². The average molecular weight is 348 g/mol. The Morgan fingerprint density at radius 3 is 2.62 bits per heavy atom. The van der Waals surface area contributed by atoms with E-state index in [0.717, 1.165) is 5.69 Å². The Morgan fingerprint density at radius 2 is 2.04 bits per heavy atom. The first-order valence-electron chi connectivity index (χ1n) is 8.34. The number of para-hydroxylation sites is 1. The normalized spacial score (nSPS) is 23.0. The standard InChI is InChI=1S/C18H24N2O3S/c1-3-10-18(11-12-18)24(22,23)20-13-9-15(14-20)17(21)19(2)16-7-5-4-6-8-16/h3-8,15H,1,9-14H2,2H3. The Balaban J connectivity index is 1.69.